The summed E-state index contributed by atoms with van der Waals surface area (Å²) in [6.45, 7) is 1.06. The molecule has 9 heteroatoms. The standard InChI is InChI=1S/C17H24N2O5S2/c20-17(18-15-9-12-25(21,22)13-15)14-5-7-16(8-6-14)26(23,24)19-10-3-1-2-4-11-19/h5-8,15H,1-4,9-13H2,(H,18,20)/t15-/m1/s1. The fraction of sp³-hybridized carbons (Fsp3) is 0.588. The Bertz CT molecular complexity index is 855. The van der Waals surface area contributed by atoms with Crippen molar-refractivity contribution in [3.63, 3.8) is 0 Å². The normalized spacial score (nSPS) is 24.1. The minimum absolute atomic E-state index is 0.0415. The van der Waals surface area contributed by atoms with Crippen LogP contribution in [0.15, 0.2) is 29.2 Å². The largest absolute Gasteiger partial charge is 0.348 e. The molecular weight excluding hydrogens is 376 g/mol. The summed E-state index contributed by atoms with van der Waals surface area (Å²) in [4.78, 5) is 12.4. The molecule has 2 heterocycles. The van der Waals surface area contributed by atoms with Gasteiger partial charge in [-0.3, -0.25) is 4.79 Å². The molecule has 1 aromatic carbocycles. The zero-order valence-electron chi connectivity index (χ0n) is 14.6. The summed E-state index contributed by atoms with van der Waals surface area (Å²) in [6, 6.07) is 5.46. The molecule has 0 aromatic heterocycles. The number of carbonyl (C=O) groups excluding carboxylic acids is 1. The van der Waals surface area contributed by atoms with Crippen molar-refractivity contribution in [3.8, 4) is 0 Å². The zero-order valence-corrected chi connectivity index (χ0v) is 16.2. The van der Waals surface area contributed by atoms with Crippen LogP contribution in [-0.2, 0) is 19.9 Å². The first-order valence-corrected chi connectivity index (χ1v) is 12.2. The van der Waals surface area contributed by atoms with E-state index >= 15 is 0 Å². The van der Waals surface area contributed by atoms with Gasteiger partial charge in [0, 0.05) is 24.7 Å². The number of amides is 1. The molecule has 0 aliphatic carbocycles. The lowest BCUT2D eigenvalue weighted by atomic mass is 10.2. The monoisotopic (exact) mass is 400 g/mol. The highest BCUT2D eigenvalue weighted by molar-refractivity contribution is 7.91. The van der Waals surface area contributed by atoms with E-state index in [-0.39, 0.29) is 28.4 Å². The molecule has 7 nitrogen and oxygen atoms in total. The van der Waals surface area contributed by atoms with Crippen LogP contribution >= 0.6 is 0 Å². The van der Waals surface area contributed by atoms with Gasteiger partial charge in [-0.15, -0.1) is 0 Å². The van der Waals surface area contributed by atoms with Gasteiger partial charge in [-0.2, -0.15) is 4.31 Å². The van der Waals surface area contributed by atoms with Gasteiger partial charge in [0.05, 0.1) is 16.4 Å². The van der Waals surface area contributed by atoms with E-state index in [1.54, 1.807) is 0 Å². The van der Waals surface area contributed by atoms with Crippen LogP contribution in [0.25, 0.3) is 0 Å². The quantitative estimate of drug-likeness (QED) is 0.818. The van der Waals surface area contributed by atoms with Gasteiger partial charge in [0.15, 0.2) is 9.84 Å². The number of carbonyl (C=O) groups is 1. The molecule has 1 N–H and O–H groups in total. The summed E-state index contributed by atoms with van der Waals surface area (Å²) >= 11 is 0. The summed E-state index contributed by atoms with van der Waals surface area (Å²) in [5.41, 5.74) is 0.323. The molecule has 1 aromatic rings. The average Bonchev–Trinajstić information content (AvgIpc) is 2.81. The Balaban J connectivity index is 1.68. The summed E-state index contributed by atoms with van der Waals surface area (Å²) in [6.07, 6.45) is 4.23. The lowest BCUT2D eigenvalue weighted by Gasteiger charge is -2.20. The lowest BCUT2D eigenvalue weighted by Crippen LogP contribution is -2.35. The maximum atomic E-state index is 12.7. The van der Waals surface area contributed by atoms with Crippen molar-refractivity contribution in [1.29, 1.82) is 0 Å². The van der Waals surface area contributed by atoms with Gasteiger partial charge in [0.25, 0.3) is 5.91 Å². The van der Waals surface area contributed by atoms with Crippen LogP contribution < -0.4 is 5.32 Å². The zero-order chi connectivity index (χ0) is 18.8. The van der Waals surface area contributed by atoms with Gasteiger partial charge < -0.3 is 5.32 Å². The second kappa shape index (κ2) is 7.66. The van der Waals surface area contributed by atoms with E-state index < -0.39 is 19.9 Å². The third kappa shape index (κ3) is 4.44. The molecule has 2 aliphatic rings. The smallest absolute Gasteiger partial charge is 0.251 e. The van der Waals surface area contributed by atoms with Crippen molar-refractivity contribution in [2.45, 2.75) is 43.0 Å². The van der Waals surface area contributed by atoms with Crippen LogP contribution in [-0.4, -0.2) is 57.7 Å². The van der Waals surface area contributed by atoms with Crippen molar-refractivity contribution in [2.24, 2.45) is 0 Å². The van der Waals surface area contributed by atoms with Crippen LogP contribution in [0.5, 0.6) is 0 Å². The van der Waals surface area contributed by atoms with E-state index in [4.69, 9.17) is 0 Å². The minimum Gasteiger partial charge on any atom is -0.348 e. The summed E-state index contributed by atoms with van der Waals surface area (Å²) < 4.78 is 49.9. The van der Waals surface area contributed by atoms with Crippen LogP contribution in [0.3, 0.4) is 0 Å². The molecule has 2 saturated heterocycles. The second-order valence-corrected chi connectivity index (χ2v) is 11.1. The highest BCUT2D eigenvalue weighted by Crippen LogP contribution is 2.21. The molecule has 144 valence electrons. The fourth-order valence-corrected chi connectivity index (χ4v) is 6.58. The number of nitrogens with zero attached hydrogens (tertiary/aromatic N) is 1. The van der Waals surface area contributed by atoms with Crippen LogP contribution in [0.1, 0.15) is 42.5 Å². The maximum Gasteiger partial charge on any atom is 0.251 e. The average molecular weight is 401 g/mol. The molecule has 0 radical (unpaired) electrons. The van der Waals surface area contributed by atoms with Crippen LogP contribution in [0.4, 0.5) is 0 Å². The van der Waals surface area contributed by atoms with Gasteiger partial charge in [0.2, 0.25) is 10.0 Å². The summed E-state index contributed by atoms with van der Waals surface area (Å²) in [5, 5.41) is 2.70. The second-order valence-electron chi connectivity index (χ2n) is 6.92. The Hall–Kier alpha value is -1.45. The van der Waals surface area contributed by atoms with E-state index in [0.717, 1.165) is 25.7 Å². The van der Waals surface area contributed by atoms with E-state index in [0.29, 0.717) is 25.1 Å². The number of hydrogen-bond donors (Lipinski definition) is 1. The third-order valence-electron chi connectivity index (χ3n) is 4.89. The molecule has 0 spiro atoms. The van der Waals surface area contributed by atoms with E-state index in [1.165, 1.54) is 28.6 Å². The molecule has 0 bridgehead atoms. The highest BCUT2D eigenvalue weighted by atomic mass is 32.2. The molecule has 3 rings (SSSR count). The van der Waals surface area contributed by atoms with Gasteiger partial charge in [-0.1, -0.05) is 12.8 Å². The first-order valence-electron chi connectivity index (χ1n) is 8.89. The molecule has 1 atom stereocenters. The van der Waals surface area contributed by atoms with Crippen molar-refractivity contribution in [2.75, 3.05) is 24.6 Å². The molecule has 2 aliphatic heterocycles. The number of nitrogens with one attached hydrogen (secondary N) is 1. The molecule has 0 unspecified atom stereocenters. The first kappa shape index (κ1) is 19.3. The number of rotatable bonds is 4. The minimum atomic E-state index is -3.54. The van der Waals surface area contributed by atoms with Gasteiger partial charge in [0.1, 0.15) is 0 Å². The first-order chi connectivity index (χ1) is 12.3. The third-order valence-corrected chi connectivity index (χ3v) is 8.57. The molecule has 0 saturated carbocycles. The maximum absolute atomic E-state index is 12.7. The lowest BCUT2D eigenvalue weighted by molar-refractivity contribution is 0.0941. The fourth-order valence-electron chi connectivity index (χ4n) is 3.39. The Labute approximate surface area is 154 Å². The summed E-state index contributed by atoms with van der Waals surface area (Å²) in [5.74, 6) is -0.337. The topological polar surface area (TPSA) is 101 Å². The Morgan fingerprint density at radius 3 is 2.19 bits per heavy atom. The van der Waals surface area contributed by atoms with Gasteiger partial charge >= 0.3 is 0 Å². The van der Waals surface area contributed by atoms with Crippen LogP contribution in [0, 0.1) is 0 Å². The molecule has 26 heavy (non-hydrogen) atoms. The van der Waals surface area contributed by atoms with Crippen molar-refractivity contribution < 1.29 is 21.6 Å². The van der Waals surface area contributed by atoms with Crippen molar-refractivity contribution >= 4 is 25.8 Å². The van der Waals surface area contributed by atoms with Gasteiger partial charge in [-0.25, -0.2) is 16.8 Å². The number of benzene rings is 1. The Morgan fingerprint density at radius 1 is 1.04 bits per heavy atom. The molecular formula is C17H24N2O5S2. The molecule has 2 fully saturated rings. The predicted molar refractivity (Wildman–Crippen MR) is 98.2 cm³/mol. The van der Waals surface area contributed by atoms with E-state index in [1.807, 2.05) is 0 Å². The van der Waals surface area contributed by atoms with E-state index in [9.17, 15) is 21.6 Å². The Morgan fingerprint density at radius 2 is 1.65 bits per heavy atom. The highest BCUT2D eigenvalue weighted by Gasteiger charge is 2.29. The number of sulfonamides is 1. The van der Waals surface area contributed by atoms with Crippen molar-refractivity contribution in [1.82, 2.24) is 9.62 Å². The van der Waals surface area contributed by atoms with Gasteiger partial charge in [-0.05, 0) is 43.5 Å². The van der Waals surface area contributed by atoms with E-state index in [2.05, 4.69) is 5.32 Å². The number of hydrogen-bond acceptors (Lipinski definition) is 5. The molecule has 1 amide bonds. The SMILES string of the molecule is O=C(N[C@@H]1CCS(=O)(=O)C1)c1ccc(S(=O)(=O)N2CCCCCC2)cc1. The predicted octanol–water partition coefficient (Wildman–Crippen LogP) is 1.17. The van der Waals surface area contributed by atoms with Crippen LogP contribution in [0.2, 0.25) is 0 Å². The number of sulfone groups is 1. The Kier molecular flexibility index (Phi) is 5.69. The summed E-state index contributed by atoms with van der Waals surface area (Å²) in [7, 11) is -6.61. The van der Waals surface area contributed by atoms with Crippen molar-refractivity contribution in [3.05, 3.63) is 29.8 Å².